The van der Waals surface area contributed by atoms with Crippen molar-refractivity contribution in [3.63, 3.8) is 0 Å². The Morgan fingerprint density at radius 1 is 1.47 bits per heavy atom. The third kappa shape index (κ3) is 2.36. The summed E-state index contributed by atoms with van der Waals surface area (Å²) in [5.74, 6) is 1.30. The minimum atomic E-state index is 0.306. The Kier molecular flexibility index (Phi) is 3.03. The van der Waals surface area contributed by atoms with E-state index in [1.807, 2.05) is 12.1 Å². The van der Waals surface area contributed by atoms with Crippen LogP contribution in [0.3, 0.4) is 0 Å². The number of ether oxygens (including phenoxy) is 2. The molecule has 0 bridgehead atoms. The zero-order valence-corrected chi connectivity index (χ0v) is 9.38. The highest BCUT2D eigenvalue weighted by Crippen LogP contribution is 2.40. The first-order valence-corrected chi connectivity index (χ1v) is 5.35. The van der Waals surface area contributed by atoms with Crippen molar-refractivity contribution in [3.05, 3.63) is 22.7 Å². The zero-order valence-electron chi connectivity index (χ0n) is 8.63. The van der Waals surface area contributed by atoms with Crippen LogP contribution in [0, 0.1) is 0 Å². The van der Waals surface area contributed by atoms with Crippen LogP contribution in [0.2, 0.25) is 5.02 Å². The lowest BCUT2D eigenvalue weighted by Crippen LogP contribution is -2.02. The number of nitrogens with two attached hydrogens (primary N) is 1. The summed E-state index contributed by atoms with van der Waals surface area (Å²) >= 11 is 6.10. The highest BCUT2D eigenvalue weighted by Gasteiger charge is 2.26. The molecule has 0 aromatic heterocycles. The lowest BCUT2D eigenvalue weighted by atomic mass is 10.2. The molecule has 0 radical (unpaired) electrons. The van der Waals surface area contributed by atoms with Crippen LogP contribution in [0.5, 0.6) is 11.5 Å². The number of hydrogen-bond acceptors (Lipinski definition) is 3. The summed E-state index contributed by atoms with van der Waals surface area (Å²) in [5.41, 5.74) is 6.50. The molecule has 1 aliphatic rings. The van der Waals surface area contributed by atoms with Crippen molar-refractivity contribution in [1.29, 1.82) is 0 Å². The van der Waals surface area contributed by atoms with Gasteiger partial charge in [-0.1, -0.05) is 11.6 Å². The maximum Gasteiger partial charge on any atom is 0.180 e. The largest absolute Gasteiger partial charge is 0.493 e. The van der Waals surface area contributed by atoms with Crippen molar-refractivity contribution in [2.45, 2.75) is 25.5 Å². The Bertz CT molecular complexity index is 364. The summed E-state index contributed by atoms with van der Waals surface area (Å²) in [6.45, 7) is 0.444. The molecule has 1 aliphatic carbocycles. The fourth-order valence-electron chi connectivity index (χ4n) is 1.36. The summed E-state index contributed by atoms with van der Waals surface area (Å²) < 4.78 is 10.9. The molecule has 2 N–H and O–H groups in total. The molecule has 1 fully saturated rings. The van der Waals surface area contributed by atoms with E-state index in [2.05, 4.69) is 0 Å². The first-order valence-electron chi connectivity index (χ1n) is 4.97. The third-order valence-electron chi connectivity index (χ3n) is 2.33. The quantitative estimate of drug-likeness (QED) is 0.859. The van der Waals surface area contributed by atoms with E-state index < -0.39 is 0 Å². The van der Waals surface area contributed by atoms with Gasteiger partial charge in [-0.05, 0) is 30.5 Å². The highest BCUT2D eigenvalue weighted by molar-refractivity contribution is 6.32. The molecule has 0 atom stereocenters. The number of hydrogen-bond donors (Lipinski definition) is 1. The van der Waals surface area contributed by atoms with Gasteiger partial charge in [0.1, 0.15) is 0 Å². The second kappa shape index (κ2) is 4.29. The standard InChI is InChI=1S/C11H14ClNO2/c1-14-10-5-7(6-13)4-9(12)11(10)15-8-2-3-8/h4-5,8H,2-3,6,13H2,1H3. The van der Waals surface area contributed by atoms with E-state index in [0.717, 1.165) is 18.4 Å². The first kappa shape index (κ1) is 10.6. The zero-order chi connectivity index (χ0) is 10.8. The van der Waals surface area contributed by atoms with Crippen molar-refractivity contribution < 1.29 is 9.47 Å². The van der Waals surface area contributed by atoms with Crippen molar-refractivity contribution in [3.8, 4) is 11.5 Å². The minimum Gasteiger partial charge on any atom is -0.493 e. The molecule has 82 valence electrons. The monoisotopic (exact) mass is 227 g/mol. The lowest BCUT2D eigenvalue weighted by molar-refractivity contribution is 0.282. The van der Waals surface area contributed by atoms with Gasteiger partial charge in [-0.3, -0.25) is 0 Å². The van der Waals surface area contributed by atoms with Crippen LogP contribution in [0.1, 0.15) is 18.4 Å². The molecule has 0 aliphatic heterocycles. The average Bonchev–Trinajstić information content (AvgIpc) is 3.04. The fourth-order valence-corrected chi connectivity index (χ4v) is 1.64. The first-order chi connectivity index (χ1) is 7.24. The average molecular weight is 228 g/mol. The lowest BCUT2D eigenvalue weighted by Gasteiger charge is -2.13. The second-order valence-corrected chi connectivity index (χ2v) is 4.04. The molecule has 1 aromatic rings. The molecule has 1 saturated carbocycles. The molecule has 3 nitrogen and oxygen atoms in total. The molecule has 0 amide bonds. The van der Waals surface area contributed by atoms with Gasteiger partial charge in [0.05, 0.1) is 18.2 Å². The van der Waals surface area contributed by atoms with E-state index in [4.69, 9.17) is 26.8 Å². The number of methoxy groups -OCH3 is 1. The Balaban J connectivity index is 2.32. The summed E-state index contributed by atoms with van der Waals surface area (Å²) in [4.78, 5) is 0. The van der Waals surface area contributed by atoms with E-state index in [0.29, 0.717) is 29.2 Å². The van der Waals surface area contributed by atoms with Crippen molar-refractivity contribution in [2.24, 2.45) is 5.73 Å². The summed E-state index contributed by atoms with van der Waals surface area (Å²) in [5, 5.41) is 0.571. The van der Waals surface area contributed by atoms with Crippen LogP contribution in [0.4, 0.5) is 0 Å². The molecule has 15 heavy (non-hydrogen) atoms. The van der Waals surface area contributed by atoms with Crippen molar-refractivity contribution >= 4 is 11.6 Å². The van der Waals surface area contributed by atoms with Gasteiger partial charge in [0.15, 0.2) is 11.5 Å². The Morgan fingerprint density at radius 3 is 2.73 bits per heavy atom. The van der Waals surface area contributed by atoms with E-state index in [-0.39, 0.29) is 0 Å². The Hall–Kier alpha value is -0.930. The molecule has 1 aromatic carbocycles. The predicted octanol–water partition coefficient (Wildman–Crippen LogP) is 2.35. The molecule has 4 heteroatoms. The molecule has 0 heterocycles. The highest BCUT2D eigenvalue weighted by atomic mass is 35.5. The topological polar surface area (TPSA) is 44.5 Å². The molecule has 0 spiro atoms. The van der Waals surface area contributed by atoms with E-state index >= 15 is 0 Å². The van der Waals surface area contributed by atoms with Crippen molar-refractivity contribution in [1.82, 2.24) is 0 Å². The maximum absolute atomic E-state index is 6.10. The van der Waals surface area contributed by atoms with Gasteiger partial charge >= 0.3 is 0 Å². The van der Waals surface area contributed by atoms with Gasteiger partial charge in [0, 0.05) is 6.54 Å². The fraction of sp³-hybridized carbons (Fsp3) is 0.455. The number of benzene rings is 1. The maximum atomic E-state index is 6.10. The van der Waals surface area contributed by atoms with E-state index in [9.17, 15) is 0 Å². The van der Waals surface area contributed by atoms with Gasteiger partial charge in [0.2, 0.25) is 0 Å². The number of rotatable bonds is 4. The molecular weight excluding hydrogens is 214 g/mol. The van der Waals surface area contributed by atoms with E-state index in [1.54, 1.807) is 7.11 Å². The summed E-state index contributed by atoms with van der Waals surface area (Å²) in [6, 6.07) is 3.69. The molecular formula is C11H14ClNO2. The Morgan fingerprint density at radius 2 is 2.20 bits per heavy atom. The molecule has 0 saturated heterocycles. The molecule has 0 unspecified atom stereocenters. The van der Waals surface area contributed by atoms with Crippen LogP contribution in [-0.4, -0.2) is 13.2 Å². The van der Waals surface area contributed by atoms with Crippen LogP contribution in [0.25, 0.3) is 0 Å². The van der Waals surface area contributed by atoms with Crippen LogP contribution >= 0.6 is 11.6 Å². The molecule has 2 rings (SSSR count). The van der Waals surface area contributed by atoms with Crippen LogP contribution in [-0.2, 0) is 6.54 Å². The van der Waals surface area contributed by atoms with Gasteiger partial charge in [-0.25, -0.2) is 0 Å². The summed E-state index contributed by atoms with van der Waals surface area (Å²) in [7, 11) is 1.60. The predicted molar refractivity (Wildman–Crippen MR) is 59.5 cm³/mol. The van der Waals surface area contributed by atoms with Crippen LogP contribution < -0.4 is 15.2 Å². The van der Waals surface area contributed by atoms with Gasteiger partial charge in [0.25, 0.3) is 0 Å². The smallest absolute Gasteiger partial charge is 0.180 e. The number of halogens is 1. The van der Waals surface area contributed by atoms with Gasteiger partial charge < -0.3 is 15.2 Å². The third-order valence-corrected chi connectivity index (χ3v) is 2.61. The minimum absolute atomic E-state index is 0.306. The van der Waals surface area contributed by atoms with Crippen LogP contribution in [0.15, 0.2) is 12.1 Å². The van der Waals surface area contributed by atoms with Gasteiger partial charge in [-0.15, -0.1) is 0 Å². The Labute approximate surface area is 94.1 Å². The second-order valence-electron chi connectivity index (χ2n) is 3.63. The SMILES string of the molecule is COc1cc(CN)cc(Cl)c1OC1CC1. The van der Waals surface area contributed by atoms with Gasteiger partial charge in [-0.2, -0.15) is 0 Å². The van der Waals surface area contributed by atoms with Crippen molar-refractivity contribution in [2.75, 3.05) is 7.11 Å². The summed E-state index contributed by atoms with van der Waals surface area (Å²) in [6.07, 6.45) is 2.50. The van der Waals surface area contributed by atoms with E-state index in [1.165, 1.54) is 0 Å². The normalized spacial score (nSPS) is 15.1.